The Hall–Kier alpha value is -2.80. The Balaban J connectivity index is 1.91. The summed E-state index contributed by atoms with van der Waals surface area (Å²) in [7, 11) is 0. The molecule has 2 aromatic rings. The van der Waals surface area contributed by atoms with Crippen molar-refractivity contribution in [2.75, 3.05) is 11.9 Å². The Morgan fingerprint density at radius 3 is 2.42 bits per heavy atom. The van der Waals surface area contributed by atoms with E-state index in [0.29, 0.717) is 5.56 Å². The van der Waals surface area contributed by atoms with E-state index in [1.54, 1.807) is 24.3 Å². The Morgan fingerprint density at radius 2 is 1.75 bits per heavy atom. The predicted molar refractivity (Wildman–Crippen MR) is 84.1 cm³/mol. The number of carbonyl (C=O) groups excluding carboxylic acids is 2. The van der Waals surface area contributed by atoms with Crippen molar-refractivity contribution >= 4 is 17.5 Å². The van der Waals surface area contributed by atoms with Crippen LogP contribution in [-0.4, -0.2) is 23.5 Å². The number of nitrogens with one attached hydrogen (secondary N) is 2. The van der Waals surface area contributed by atoms with Crippen molar-refractivity contribution < 1.29 is 23.5 Å². The molecule has 3 N–H and O–H groups in total. The van der Waals surface area contributed by atoms with Gasteiger partial charge in [0.1, 0.15) is 0 Å². The molecule has 24 heavy (non-hydrogen) atoms. The molecule has 0 aliphatic heterocycles. The number of benzene rings is 2. The van der Waals surface area contributed by atoms with Crippen LogP contribution in [0, 0.1) is 18.6 Å². The molecule has 2 amide bonds. The topological polar surface area (TPSA) is 78.4 Å². The van der Waals surface area contributed by atoms with Gasteiger partial charge in [0.25, 0.3) is 0 Å². The maximum absolute atomic E-state index is 13.4. The number of hydrogen-bond donors (Lipinski definition) is 3. The van der Waals surface area contributed by atoms with E-state index in [9.17, 15) is 23.5 Å². The first-order valence-electron chi connectivity index (χ1n) is 7.16. The zero-order valence-electron chi connectivity index (χ0n) is 12.8. The average molecular weight is 334 g/mol. The number of hydrogen-bond acceptors (Lipinski definition) is 3. The molecule has 5 nitrogen and oxygen atoms in total. The molecule has 1 atom stereocenters. The highest BCUT2D eigenvalue weighted by molar-refractivity contribution is 6.39. The van der Waals surface area contributed by atoms with Gasteiger partial charge in [-0.3, -0.25) is 9.59 Å². The van der Waals surface area contributed by atoms with Gasteiger partial charge in [0, 0.05) is 6.54 Å². The summed E-state index contributed by atoms with van der Waals surface area (Å²) >= 11 is 0. The van der Waals surface area contributed by atoms with Crippen molar-refractivity contribution in [3.63, 3.8) is 0 Å². The summed E-state index contributed by atoms with van der Waals surface area (Å²) in [6.07, 6.45) is -0.992. The van der Waals surface area contributed by atoms with E-state index in [-0.39, 0.29) is 6.54 Å². The van der Waals surface area contributed by atoms with Gasteiger partial charge in [-0.2, -0.15) is 0 Å². The first kappa shape index (κ1) is 17.6. The fourth-order valence-corrected chi connectivity index (χ4v) is 1.96. The lowest BCUT2D eigenvalue weighted by Crippen LogP contribution is -2.37. The van der Waals surface area contributed by atoms with Crippen molar-refractivity contribution in [2.24, 2.45) is 0 Å². The Labute approximate surface area is 137 Å². The van der Waals surface area contributed by atoms with Crippen LogP contribution in [0.15, 0.2) is 42.5 Å². The van der Waals surface area contributed by atoms with Crippen molar-refractivity contribution in [3.8, 4) is 0 Å². The molecule has 0 unspecified atom stereocenters. The third-order valence-electron chi connectivity index (χ3n) is 3.32. The molecule has 0 radical (unpaired) electrons. The summed E-state index contributed by atoms with van der Waals surface area (Å²) in [6.45, 7) is 1.70. The van der Waals surface area contributed by atoms with E-state index in [1.807, 2.05) is 12.2 Å². The van der Waals surface area contributed by atoms with Crippen LogP contribution in [0.1, 0.15) is 17.2 Å². The number of halogens is 2. The van der Waals surface area contributed by atoms with Crippen LogP contribution in [-0.2, 0) is 9.59 Å². The van der Waals surface area contributed by atoms with E-state index in [4.69, 9.17) is 0 Å². The average Bonchev–Trinajstić information content (AvgIpc) is 2.57. The SMILES string of the molecule is Cc1ccc([C@@H](O)CNC(=O)C(=O)Nc2cccc(F)c2F)cc1. The van der Waals surface area contributed by atoms with Crippen molar-refractivity contribution in [2.45, 2.75) is 13.0 Å². The Kier molecular flexibility index (Phi) is 5.59. The number of aliphatic hydroxyl groups is 1. The second kappa shape index (κ2) is 7.65. The van der Waals surface area contributed by atoms with Crippen LogP contribution in [0.25, 0.3) is 0 Å². The van der Waals surface area contributed by atoms with Gasteiger partial charge in [-0.25, -0.2) is 8.78 Å². The summed E-state index contributed by atoms with van der Waals surface area (Å²) in [5.74, 6) is -4.61. The molecule has 0 bridgehead atoms. The minimum atomic E-state index is -1.25. The van der Waals surface area contributed by atoms with Crippen LogP contribution in [0.4, 0.5) is 14.5 Å². The largest absolute Gasteiger partial charge is 0.387 e. The lowest BCUT2D eigenvalue weighted by molar-refractivity contribution is -0.136. The van der Waals surface area contributed by atoms with Crippen LogP contribution >= 0.6 is 0 Å². The molecule has 0 fully saturated rings. The standard InChI is InChI=1S/C17H16F2N2O3/c1-10-5-7-11(8-6-10)14(22)9-20-16(23)17(24)21-13-4-2-3-12(18)15(13)19/h2-8,14,22H,9H2,1H3,(H,20,23)(H,21,24)/t14-/m0/s1. The smallest absolute Gasteiger partial charge is 0.313 e. The maximum atomic E-state index is 13.4. The molecule has 0 aliphatic carbocycles. The fourth-order valence-electron chi connectivity index (χ4n) is 1.96. The Bertz CT molecular complexity index is 748. The maximum Gasteiger partial charge on any atom is 0.313 e. The zero-order valence-corrected chi connectivity index (χ0v) is 12.8. The molecular formula is C17H16F2N2O3. The number of amides is 2. The van der Waals surface area contributed by atoms with Gasteiger partial charge < -0.3 is 15.7 Å². The van der Waals surface area contributed by atoms with Gasteiger partial charge in [-0.1, -0.05) is 35.9 Å². The van der Waals surface area contributed by atoms with Gasteiger partial charge in [0.05, 0.1) is 11.8 Å². The predicted octanol–water partition coefficient (Wildman–Crippen LogP) is 2.06. The normalized spacial score (nSPS) is 11.7. The molecule has 126 valence electrons. The lowest BCUT2D eigenvalue weighted by Gasteiger charge is -2.12. The summed E-state index contributed by atoms with van der Waals surface area (Å²) in [5, 5.41) is 14.2. The number of rotatable bonds is 4. The van der Waals surface area contributed by atoms with Crippen LogP contribution < -0.4 is 10.6 Å². The third-order valence-corrected chi connectivity index (χ3v) is 3.32. The van der Waals surface area contributed by atoms with E-state index < -0.39 is 35.2 Å². The molecule has 0 aliphatic rings. The number of aliphatic hydroxyl groups excluding tert-OH is 1. The van der Waals surface area contributed by atoms with Crippen LogP contribution in [0.5, 0.6) is 0 Å². The highest BCUT2D eigenvalue weighted by Crippen LogP contribution is 2.16. The van der Waals surface area contributed by atoms with Crippen LogP contribution in [0.3, 0.4) is 0 Å². The molecule has 2 aromatic carbocycles. The first-order valence-corrected chi connectivity index (χ1v) is 7.16. The van der Waals surface area contributed by atoms with Gasteiger partial charge in [0.2, 0.25) is 0 Å². The minimum absolute atomic E-state index is 0.194. The third kappa shape index (κ3) is 4.36. The minimum Gasteiger partial charge on any atom is -0.387 e. The summed E-state index contributed by atoms with van der Waals surface area (Å²) < 4.78 is 26.5. The highest BCUT2D eigenvalue weighted by atomic mass is 19.2. The van der Waals surface area contributed by atoms with Gasteiger partial charge >= 0.3 is 11.8 Å². The highest BCUT2D eigenvalue weighted by Gasteiger charge is 2.18. The van der Waals surface area contributed by atoms with Crippen molar-refractivity contribution in [3.05, 3.63) is 65.2 Å². The molecule has 7 heteroatoms. The number of aryl methyl sites for hydroxylation is 1. The van der Waals surface area contributed by atoms with Gasteiger partial charge in [0.15, 0.2) is 11.6 Å². The lowest BCUT2D eigenvalue weighted by atomic mass is 10.1. The summed E-state index contributed by atoms with van der Waals surface area (Å²) in [4.78, 5) is 23.4. The molecule has 0 saturated heterocycles. The second-order valence-corrected chi connectivity index (χ2v) is 5.19. The first-order chi connectivity index (χ1) is 11.4. The second-order valence-electron chi connectivity index (χ2n) is 5.19. The van der Waals surface area contributed by atoms with E-state index >= 15 is 0 Å². The quantitative estimate of drug-likeness (QED) is 0.749. The van der Waals surface area contributed by atoms with Gasteiger partial charge in [-0.05, 0) is 24.6 Å². The van der Waals surface area contributed by atoms with Crippen molar-refractivity contribution in [1.82, 2.24) is 5.32 Å². The molecule has 2 rings (SSSR count). The van der Waals surface area contributed by atoms with Gasteiger partial charge in [-0.15, -0.1) is 0 Å². The Morgan fingerprint density at radius 1 is 1.08 bits per heavy atom. The monoisotopic (exact) mass is 334 g/mol. The van der Waals surface area contributed by atoms with E-state index in [0.717, 1.165) is 17.7 Å². The van der Waals surface area contributed by atoms with Crippen molar-refractivity contribution in [1.29, 1.82) is 0 Å². The van der Waals surface area contributed by atoms with E-state index in [1.165, 1.54) is 6.07 Å². The molecule has 0 heterocycles. The number of anilines is 1. The zero-order chi connectivity index (χ0) is 17.7. The summed E-state index contributed by atoms with van der Waals surface area (Å²) in [6, 6.07) is 10.2. The van der Waals surface area contributed by atoms with Crippen LogP contribution in [0.2, 0.25) is 0 Å². The fraction of sp³-hybridized carbons (Fsp3) is 0.176. The molecular weight excluding hydrogens is 318 g/mol. The number of carbonyl (C=O) groups is 2. The van der Waals surface area contributed by atoms with E-state index in [2.05, 4.69) is 5.32 Å². The molecule has 0 spiro atoms. The molecule has 0 aromatic heterocycles. The molecule has 0 saturated carbocycles. The summed E-state index contributed by atoms with van der Waals surface area (Å²) in [5.41, 5.74) is 1.16.